The van der Waals surface area contributed by atoms with Gasteiger partial charge in [-0.05, 0) is 31.0 Å². The quantitative estimate of drug-likeness (QED) is 0.766. The number of rotatable bonds is 4. The fourth-order valence-electron chi connectivity index (χ4n) is 1.62. The zero-order valence-corrected chi connectivity index (χ0v) is 10.2. The third-order valence-electron chi connectivity index (χ3n) is 2.63. The molecule has 0 radical (unpaired) electrons. The van der Waals surface area contributed by atoms with Crippen LogP contribution in [0.15, 0.2) is 18.2 Å². The van der Waals surface area contributed by atoms with E-state index in [4.69, 9.17) is 5.73 Å². The Morgan fingerprint density at radius 1 is 1.50 bits per heavy atom. The number of anilines is 2. The number of hydrogen-bond acceptors (Lipinski definition) is 2. The predicted octanol–water partition coefficient (Wildman–Crippen LogP) is 2.95. The maximum Gasteiger partial charge on any atom is 0.227 e. The average Bonchev–Trinajstić information content (AvgIpc) is 2.22. The van der Waals surface area contributed by atoms with Gasteiger partial charge in [0.15, 0.2) is 0 Å². The van der Waals surface area contributed by atoms with Gasteiger partial charge in [-0.3, -0.25) is 4.79 Å². The minimum Gasteiger partial charge on any atom is -0.397 e. The van der Waals surface area contributed by atoms with Gasteiger partial charge < -0.3 is 11.1 Å². The van der Waals surface area contributed by atoms with Gasteiger partial charge in [-0.1, -0.05) is 26.3 Å². The molecule has 1 amide bonds. The van der Waals surface area contributed by atoms with Gasteiger partial charge in [0.1, 0.15) is 0 Å². The Balaban J connectivity index is 2.69. The first-order valence-electron chi connectivity index (χ1n) is 5.71. The van der Waals surface area contributed by atoms with Crippen LogP contribution in [0.3, 0.4) is 0 Å². The molecule has 3 heteroatoms. The minimum atomic E-state index is 0.0331. The number of hydrogen-bond donors (Lipinski definition) is 2. The fourth-order valence-corrected chi connectivity index (χ4v) is 1.62. The number of carbonyl (C=O) groups excluding carboxylic acids is 1. The van der Waals surface area contributed by atoms with E-state index < -0.39 is 0 Å². The summed E-state index contributed by atoms with van der Waals surface area (Å²) < 4.78 is 0. The van der Waals surface area contributed by atoms with E-state index in [9.17, 15) is 4.79 Å². The Kier molecular flexibility index (Phi) is 4.35. The number of aryl methyl sites for hydroxylation is 1. The Labute approximate surface area is 97.0 Å². The van der Waals surface area contributed by atoms with Crippen molar-refractivity contribution in [1.82, 2.24) is 0 Å². The minimum absolute atomic E-state index is 0.0331. The molecular weight excluding hydrogens is 200 g/mol. The lowest BCUT2D eigenvalue weighted by Gasteiger charge is -2.13. The lowest BCUT2D eigenvalue weighted by atomic mass is 10.1. The molecule has 0 heterocycles. The molecule has 0 saturated carbocycles. The van der Waals surface area contributed by atoms with Crippen molar-refractivity contribution >= 4 is 17.3 Å². The van der Waals surface area contributed by atoms with Gasteiger partial charge in [0.25, 0.3) is 0 Å². The van der Waals surface area contributed by atoms with Crippen LogP contribution in [0, 0.1) is 12.8 Å². The SMILES string of the molecule is CCC[C@@H](C)C(=O)Nc1ccc(C)cc1N. The van der Waals surface area contributed by atoms with Crippen molar-refractivity contribution in [2.45, 2.75) is 33.6 Å². The van der Waals surface area contributed by atoms with Crippen molar-refractivity contribution in [1.29, 1.82) is 0 Å². The van der Waals surface area contributed by atoms with Crippen molar-refractivity contribution in [2.24, 2.45) is 5.92 Å². The van der Waals surface area contributed by atoms with E-state index in [1.165, 1.54) is 0 Å². The van der Waals surface area contributed by atoms with Crippen LogP contribution in [-0.2, 0) is 4.79 Å². The first-order valence-corrected chi connectivity index (χ1v) is 5.71. The van der Waals surface area contributed by atoms with Gasteiger partial charge in [0, 0.05) is 5.92 Å². The molecule has 0 aliphatic heterocycles. The number of amides is 1. The van der Waals surface area contributed by atoms with Crippen molar-refractivity contribution in [2.75, 3.05) is 11.1 Å². The molecule has 0 bridgehead atoms. The number of nitrogen functional groups attached to an aromatic ring is 1. The monoisotopic (exact) mass is 220 g/mol. The summed E-state index contributed by atoms with van der Waals surface area (Å²) in [6.07, 6.45) is 1.91. The Hall–Kier alpha value is -1.51. The van der Waals surface area contributed by atoms with Crippen LogP contribution in [0.25, 0.3) is 0 Å². The largest absolute Gasteiger partial charge is 0.397 e. The molecule has 0 saturated heterocycles. The summed E-state index contributed by atoms with van der Waals surface area (Å²) in [5, 5.41) is 2.86. The summed E-state index contributed by atoms with van der Waals surface area (Å²) in [7, 11) is 0. The third-order valence-corrected chi connectivity index (χ3v) is 2.63. The standard InChI is InChI=1S/C13H20N2O/c1-4-5-10(3)13(16)15-12-7-6-9(2)8-11(12)14/h6-8,10H,4-5,14H2,1-3H3,(H,15,16)/t10-/m1/s1. The van der Waals surface area contributed by atoms with Crippen molar-refractivity contribution < 1.29 is 4.79 Å². The second-order valence-electron chi connectivity index (χ2n) is 4.27. The highest BCUT2D eigenvalue weighted by Crippen LogP contribution is 2.20. The Morgan fingerprint density at radius 3 is 2.75 bits per heavy atom. The maximum absolute atomic E-state index is 11.8. The van der Waals surface area contributed by atoms with Crippen LogP contribution < -0.4 is 11.1 Å². The number of carbonyl (C=O) groups is 1. The average molecular weight is 220 g/mol. The lowest BCUT2D eigenvalue weighted by Crippen LogP contribution is -2.20. The predicted molar refractivity (Wildman–Crippen MR) is 68.3 cm³/mol. The van der Waals surface area contributed by atoms with Crippen LogP contribution in [0.1, 0.15) is 32.3 Å². The summed E-state index contributed by atoms with van der Waals surface area (Å²) in [6, 6.07) is 5.65. The molecule has 0 aromatic heterocycles. The molecule has 88 valence electrons. The van der Waals surface area contributed by atoms with E-state index in [-0.39, 0.29) is 11.8 Å². The second-order valence-corrected chi connectivity index (χ2v) is 4.27. The molecule has 3 N–H and O–H groups in total. The summed E-state index contributed by atoms with van der Waals surface area (Å²) in [6.45, 7) is 5.98. The van der Waals surface area contributed by atoms with Gasteiger partial charge >= 0.3 is 0 Å². The molecule has 3 nitrogen and oxygen atoms in total. The molecule has 1 aromatic rings. The lowest BCUT2D eigenvalue weighted by molar-refractivity contribution is -0.119. The van der Waals surface area contributed by atoms with Crippen LogP contribution in [0.5, 0.6) is 0 Å². The van der Waals surface area contributed by atoms with Crippen LogP contribution in [-0.4, -0.2) is 5.91 Å². The van der Waals surface area contributed by atoms with E-state index in [1.54, 1.807) is 0 Å². The fraction of sp³-hybridized carbons (Fsp3) is 0.462. The summed E-state index contributed by atoms with van der Waals surface area (Å²) in [5.41, 5.74) is 8.25. The zero-order valence-electron chi connectivity index (χ0n) is 10.2. The summed E-state index contributed by atoms with van der Waals surface area (Å²) in [5.74, 6) is 0.0723. The van der Waals surface area contributed by atoms with E-state index >= 15 is 0 Å². The molecule has 1 aromatic carbocycles. The first-order chi connectivity index (χ1) is 7.54. The normalized spacial score (nSPS) is 12.2. The van der Waals surface area contributed by atoms with Crippen LogP contribution >= 0.6 is 0 Å². The van der Waals surface area contributed by atoms with E-state index in [0.717, 1.165) is 18.4 Å². The van der Waals surface area contributed by atoms with Gasteiger partial charge in [-0.2, -0.15) is 0 Å². The molecule has 1 atom stereocenters. The summed E-state index contributed by atoms with van der Waals surface area (Å²) in [4.78, 5) is 11.8. The third kappa shape index (κ3) is 3.26. The topological polar surface area (TPSA) is 55.1 Å². The second kappa shape index (κ2) is 5.54. The maximum atomic E-state index is 11.8. The Morgan fingerprint density at radius 2 is 2.19 bits per heavy atom. The zero-order chi connectivity index (χ0) is 12.1. The van der Waals surface area contributed by atoms with Gasteiger partial charge in [0.05, 0.1) is 11.4 Å². The number of nitrogens with two attached hydrogens (primary N) is 1. The Bertz CT molecular complexity index is 374. The van der Waals surface area contributed by atoms with Crippen LogP contribution in [0.4, 0.5) is 11.4 Å². The molecule has 0 spiro atoms. The first kappa shape index (κ1) is 12.6. The van der Waals surface area contributed by atoms with Gasteiger partial charge in [0.2, 0.25) is 5.91 Å². The van der Waals surface area contributed by atoms with Crippen molar-refractivity contribution in [3.8, 4) is 0 Å². The highest BCUT2D eigenvalue weighted by molar-refractivity contribution is 5.95. The molecule has 0 aliphatic carbocycles. The van der Waals surface area contributed by atoms with Gasteiger partial charge in [-0.15, -0.1) is 0 Å². The molecule has 1 rings (SSSR count). The number of nitrogens with one attached hydrogen (secondary N) is 1. The molecule has 0 unspecified atom stereocenters. The van der Waals surface area contributed by atoms with E-state index in [0.29, 0.717) is 11.4 Å². The smallest absolute Gasteiger partial charge is 0.227 e. The van der Waals surface area contributed by atoms with Crippen molar-refractivity contribution in [3.63, 3.8) is 0 Å². The highest BCUT2D eigenvalue weighted by atomic mass is 16.1. The summed E-state index contributed by atoms with van der Waals surface area (Å²) >= 11 is 0. The highest BCUT2D eigenvalue weighted by Gasteiger charge is 2.12. The van der Waals surface area contributed by atoms with Crippen LogP contribution in [0.2, 0.25) is 0 Å². The molecule has 0 fully saturated rings. The van der Waals surface area contributed by atoms with E-state index in [2.05, 4.69) is 12.2 Å². The molecular formula is C13H20N2O. The van der Waals surface area contributed by atoms with Crippen molar-refractivity contribution in [3.05, 3.63) is 23.8 Å². The molecule has 16 heavy (non-hydrogen) atoms. The molecule has 0 aliphatic rings. The van der Waals surface area contributed by atoms with Gasteiger partial charge in [-0.25, -0.2) is 0 Å². The van der Waals surface area contributed by atoms with E-state index in [1.807, 2.05) is 32.0 Å². The number of benzene rings is 1.